The summed E-state index contributed by atoms with van der Waals surface area (Å²) in [4.78, 5) is 23.9. The van der Waals surface area contributed by atoms with E-state index in [9.17, 15) is 9.59 Å². The lowest BCUT2D eigenvalue weighted by atomic mass is 9.41. The Kier molecular flexibility index (Phi) is 4.47. The predicted molar refractivity (Wildman–Crippen MR) is 107 cm³/mol. The van der Waals surface area contributed by atoms with Crippen LogP contribution in [0.4, 0.5) is 4.79 Å². The summed E-state index contributed by atoms with van der Waals surface area (Å²) in [6, 6.07) is -0.584. The summed E-state index contributed by atoms with van der Waals surface area (Å²) in [7, 11) is 0. The molecule has 0 aromatic carbocycles. The number of urea groups is 1. The molecule has 0 bridgehead atoms. The van der Waals surface area contributed by atoms with Crippen LogP contribution in [0.15, 0.2) is 12.2 Å². The second-order valence-corrected chi connectivity index (χ2v) is 10.6. The van der Waals surface area contributed by atoms with E-state index < -0.39 is 11.6 Å². The van der Waals surface area contributed by atoms with Crippen LogP contribution in [0.1, 0.15) is 72.1 Å². The summed E-state index contributed by atoms with van der Waals surface area (Å²) in [5, 5.41) is 2.84. The van der Waals surface area contributed by atoms with Crippen molar-refractivity contribution in [2.24, 2.45) is 46.2 Å². The molecule has 4 aliphatic carbocycles. The van der Waals surface area contributed by atoms with Crippen LogP contribution in [0, 0.1) is 40.4 Å². The molecule has 4 aliphatic rings. The molecule has 3 unspecified atom stereocenters. The van der Waals surface area contributed by atoms with Crippen molar-refractivity contribution in [3.8, 4) is 0 Å². The van der Waals surface area contributed by atoms with E-state index in [1.165, 1.54) is 38.5 Å². The molecule has 4 rings (SSSR count). The summed E-state index contributed by atoms with van der Waals surface area (Å²) in [6.45, 7) is 6.80. The summed E-state index contributed by atoms with van der Waals surface area (Å²) in [5.74, 6) is 2.96. The molecule has 4 heteroatoms. The van der Waals surface area contributed by atoms with Gasteiger partial charge in [-0.2, -0.15) is 0 Å². The molecule has 0 radical (unpaired) electrons. The zero-order valence-electron chi connectivity index (χ0n) is 17.2. The predicted octanol–water partition coefficient (Wildman–Crippen LogP) is 4.44. The quantitative estimate of drug-likeness (QED) is 0.568. The third-order valence-corrected chi connectivity index (χ3v) is 9.45. The highest BCUT2D eigenvalue weighted by Crippen LogP contribution is 2.67. The van der Waals surface area contributed by atoms with E-state index in [0.29, 0.717) is 17.3 Å². The Morgan fingerprint density at radius 2 is 1.96 bits per heavy atom. The standard InChI is InChI=1S/C23H36N2O2/c1-21-12-5-7-17(21)16-10-9-15-6-4-8-19(22(2,14-26)25-20(24)27)23(15,3)18(16)11-13-21/h5,12,14-19H,4,6-11,13H2,1-3H3,(H3,24,25,27)/t15?,16-,17-,18+,19?,21-,22?,23-/m0/s1. The lowest BCUT2D eigenvalue weighted by molar-refractivity contribution is -0.151. The Morgan fingerprint density at radius 1 is 1.19 bits per heavy atom. The first kappa shape index (κ1) is 19.0. The molecule has 3 N–H and O–H groups in total. The minimum atomic E-state index is -0.865. The normalized spacial score (nSPS) is 47.9. The van der Waals surface area contributed by atoms with Crippen LogP contribution >= 0.6 is 0 Å². The van der Waals surface area contributed by atoms with Gasteiger partial charge in [0.25, 0.3) is 0 Å². The number of nitrogens with one attached hydrogen (secondary N) is 1. The monoisotopic (exact) mass is 372 g/mol. The molecule has 0 aromatic heterocycles. The van der Waals surface area contributed by atoms with E-state index in [4.69, 9.17) is 5.73 Å². The van der Waals surface area contributed by atoms with Crippen LogP contribution < -0.4 is 11.1 Å². The van der Waals surface area contributed by atoms with Crippen molar-refractivity contribution in [2.45, 2.75) is 77.7 Å². The number of carbonyl (C=O) groups is 2. The lowest BCUT2D eigenvalue weighted by Crippen LogP contribution is -2.65. The van der Waals surface area contributed by atoms with Gasteiger partial charge in [0.05, 0.1) is 5.54 Å². The van der Waals surface area contributed by atoms with Gasteiger partial charge in [0.1, 0.15) is 6.29 Å². The zero-order valence-corrected chi connectivity index (χ0v) is 17.2. The van der Waals surface area contributed by atoms with Crippen molar-refractivity contribution in [2.75, 3.05) is 0 Å². The number of primary amides is 1. The van der Waals surface area contributed by atoms with Crippen molar-refractivity contribution in [1.29, 1.82) is 0 Å². The van der Waals surface area contributed by atoms with E-state index in [1.807, 2.05) is 6.92 Å². The highest BCUT2D eigenvalue weighted by Gasteiger charge is 2.62. The van der Waals surface area contributed by atoms with Crippen LogP contribution in [-0.4, -0.2) is 17.9 Å². The van der Waals surface area contributed by atoms with E-state index >= 15 is 0 Å². The number of hydrogen-bond donors (Lipinski definition) is 2. The Bertz CT molecular complexity index is 661. The molecule has 8 atom stereocenters. The largest absolute Gasteiger partial charge is 0.352 e. The number of aldehydes is 1. The van der Waals surface area contributed by atoms with Crippen LogP contribution in [0.2, 0.25) is 0 Å². The summed E-state index contributed by atoms with van der Waals surface area (Å²) < 4.78 is 0. The number of nitrogens with two attached hydrogens (primary N) is 1. The fourth-order valence-corrected chi connectivity index (χ4v) is 8.24. The topological polar surface area (TPSA) is 72.2 Å². The minimum absolute atomic E-state index is 0.100. The summed E-state index contributed by atoms with van der Waals surface area (Å²) in [6.07, 6.45) is 15.6. The van der Waals surface area contributed by atoms with Gasteiger partial charge in [-0.15, -0.1) is 0 Å². The minimum Gasteiger partial charge on any atom is -0.352 e. The number of allylic oxidation sites excluding steroid dienone is 2. The van der Waals surface area contributed by atoms with Crippen LogP contribution in [0.25, 0.3) is 0 Å². The van der Waals surface area contributed by atoms with Crippen molar-refractivity contribution < 1.29 is 9.59 Å². The van der Waals surface area contributed by atoms with Crippen molar-refractivity contribution in [1.82, 2.24) is 5.32 Å². The fraction of sp³-hybridized carbons (Fsp3) is 0.826. The SMILES string of the molecule is CC(C=O)(NC(N)=O)C1CCCC2CC[C@@H]3[C@@H](CC[C@]4(C)C=CC[C@@H]34)[C@]21C. The van der Waals surface area contributed by atoms with Gasteiger partial charge in [-0.3, -0.25) is 0 Å². The molecule has 3 fully saturated rings. The maximum atomic E-state index is 12.2. The average molecular weight is 373 g/mol. The molecule has 3 saturated carbocycles. The van der Waals surface area contributed by atoms with E-state index in [0.717, 1.165) is 31.0 Å². The first-order valence-corrected chi connectivity index (χ1v) is 11.0. The zero-order chi connectivity index (χ0) is 19.4. The van der Waals surface area contributed by atoms with Crippen LogP contribution in [0.3, 0.4) is 0 Å². The molecule has 150 valence electrons. The Balaban J connectivity index is 1.71. The van der Waals surface area contributed by atoms with E-state index in [1.54, 1.807) is 0 Å². The number of fused-ring (bicyclic) bond motifs is 5. The average Bonchev–Trinajstić information content (AvgIpc) is 3.02. The van der Waals surface area contributed by atoms with Crippen molar-refractivity contribution in [3.63, 3.8) is 0 Å². The molecular formula is C23H36N2O2. The highest BCUT2D eigenvalue weighted by molar-refractivity contribution is 5.79. The second-order valence-electron chi connectivity index (χ2n) is 10.6. The Morgan fingerprint density at radius 3 is 2.67 bits per heavy atom. The third-order valence-electron chi connectivity index (χ3n) is 9.45. The lowest BCUT2D eigenvalue weighted by Gasteiger charge is -2.64. The molecule has 0 spiro atoms. The van der Waals surface area contributed by atoms with Gasteiger partial charge in [0.2, 0.25) is 0 Å². The van der Waals surface area contributed by atoms with Crippen LogP contribution in [0.5, 0.6) is 0 Å². The van der Waals surface area contributed by atoms with Gasteiger partial charge in [0.15, 0.2) is 0 Å². The third kappa shape index (κ3) is 2.69. The number of amides is 2. The molecule has 0 saturated heterocycles. The van der Waals surface area contributed by atoms with Gasteiger partial charge < -0.3 is 15.8 Å². The first-order valence-electron chi connectivity index (χ1n) is 11.0. The number of carbonyl (C=O) groups excluding carboxylic acids is 2. The first-order chi connectivity index (χ1) is 12.7. The smallest absolute Gasteiger partial charge is 0.312 e. The summed E-state index contributed by atoms with van der Waals surface area (Å²) >= 11 is 0. The van der Waals surface area contributed by atoms with Gasteiger partial charge in [-0.25, -0.2) is 4.79 Å². The Hall–Kier alpha value is -1.32. The van der Waals surface area contributed by atoms with Crippen molar-refractivity contribution in [3.05, 3.63) is 12.2 Å². The molecule has 4 nitrogen and oxygen atoms in total. The molecule has 2 amide bonds. The maximum absolute atomic E-state index is 12.2. The van der Waals surface area contributed by atoms with Gasteiger partial charge in [-0.1, -0.05) is 32.4 Å². The van der Waals surface area contributed by atoms with Crippen molar-refractivity contribution >= 4 is 12.3 Å². The number of hydrogen-bond acceptors (Lipinski definition) is 2. The van der Waals surface area contributed by atoms with Crippen LogP contribution in [-0.2, 0) is 4.79 Å². The molecule has 27 heavy (non-hydrogen) atoms. The molecular weight excluding hydrogens is 336 g/mol. The summed E-state index contributed by atoms with van der Waals surface area (Å²) in [5.41, 5.74) is 5.08. The molecule has 0 aliphatic heterocycles. The maximum Gasteiger partial charge on any atom is 0.312 e. The molecule has 0 heterocycles. The van der Waals surface area contributed by atoms with E-state index in [2.05, 4.69) is 31.3 Å². The van der Waals surface area contributed by atoms with Gasteiger partial charge in [0, 0.05) is 0 Å². The van der Waals surface area contributed by atoms with E-state index in [-0.39, 0.29) is 11.3 Å². The molecule has 0 aromatic rings. The Labute approximate surface area is 163 Å². The fourth-order valence-electron chi connectivity index (χ4n) is 8.24. The van der Waals surface area contributed by atoms with Gasteiger partial charge in [-0.05, 0) is 92.3 Å². The highest BCUT2D eigenvalue weighted by atomic mass is 16.2. The second kappa shape index (κ2) is 6.35. The van der Waals surface area contributed by atoms with Gasteiger partial charge >= 0.3 is 6.03 Å². The number of rotatable bonds is 3.